The third-order valence-electron chi connectivity index (χ3n) is 3.30. The highest BCUT2D eigenvalue weighted by Gasteiger charge is 2.38. The van der Waals surface area contributed by atoms with Gasteiger partial charge in [-0.1, -0.05) is 6.07 Å². The number of alkyl halides is 3. The first kappa shape index (κ1) is 12.9. The predicted octanol–water partition coefficient (Wildman–Crippen LogP) is 3.33. The Balaban J connectivity index is 2.55. The Bertz CT molecular complexity index is 512. The van der Waals surface area contributed by atoms with Gasteiger partial charge in [-0.25, -0.2) is 0 Å². The molecule has 1 unspecified atom stereocenters. The number of nitrogens with zero attached hydrogens (tertiary/aromatic N) is 1. The second-order valence-corrected chi connectivity index (χ2v) is 4.59. The maximum Gasteiger partial charge on any atom is 0.417 e. The number of aliphatic hydroxyl groups excluding tert-OH is 1. The molecule has 1 aliphatic rings. The van der Waals surface area contributed by atoms with Crippen LogP contribution in [0.15, 0.2) is 12.1 Å². The van der Waals surface area contributed by atoms with E-state index in [2.05, 4.69) is 0 Å². The molecule has 1 aromatic carbocycles. The van der Waals surface area contributed by atoms with E-state index < -0.39 is 23.4 Å². The Morgan fingerprint density at radius 3 is 2.44 bits per heavy atom. The zero-order chi connectivity index (χ0) is 13.5. The molecule has 1 N–H and O–H groups in total. The van der Waals surface area contributed by atoms with Crippen molar-refractivity contribution in [3.8, 4) is 6.07 Å². The third kappa shape index (κ3) is 2.21. The van der Waals surface area contributed by atoms with Crippen LogP contribution in [-0.2, 0) is 6.18 Å². The van der Waals surface area contributed by atoms with Crippen LogP contribution >= 0.6 is 0 Å². The first-order valence-corrected chi connectivity index (χ1v) is 5.65. The molecule has 1 fully saturated rings. The molecule has 0 aromatic heterocycles. The van der Waals surface area contributed by atoms with Gasteiger partial charge in [0.05, 0.1) is 23.3 Å². The lowest BCUT2D eigenvalue weighted by atomic mass is 9.92. The highest BCUT2D eigenvalue weighted by Crippen LogP contribution is 2.44. The summed E-state index contributed by atoms with van der Waals surface area (Å²) in [6.45, 7) is 1.31. The summed E-state index contributed by atoms with van der Waals surface area (Å²) in [5.74, 6) is 0.0534. The highest BCUT2D eigenvalue weighted by atomic mass is 19.4. The van der Waals surface area contributed by atoms with Crippen LogP contribution in [0.3, 0.4) is 0 Å². The Labute approximate surface area is 103 Å². The number of halogens is 3. The molecule has 96 valence electrons. The van der Waals surface area contributed by atoms with Crippen LogP contribution in [0.1, 0.15) is 41.2 Å². The molecule has 2 rings (SSSR count). The summed E-state index contributed by atoms with van der Waals surface area (Å²) < 4.78 is 38.8. The number of nitriles is 1. The van der Waals surface area contributed by atoms with E-state index >= 15 is 0 Å². The number of hydrogen-bond donors (Lipinski definition) is 1. The van der Waals surface area contributed by atoms with Gasteiger partial charge < -0.3 is 5.11 Å². The van der Waals surface area contributed by atoms with Crippen molar-refractivity contribution < 1.29 is 18.3 Å². The Morgan fingerprint density at radius 2 is 2.00 bits per heavy atom. The van der Waals surface area contributed by atoms with E-state index in [1.165, 1.54) is 13.0 Å². The lowest BCUT2D eigenvalue weighted by Gasteiger charge is -2.18. The fourth-order valence-corrected chi connectivity index (χ4v) is 2.17. The van der Waals surface area contributed by atoms with Crippen molar-refractivity contribution in [2.24, 2.45) is 5.92 Å². The number of aliphatic hydroxyl groups is 1. The predicted molar refractivity (Wildman–Crippen MR) is 58.6 cm³/mol. The van der Waals surface area contributed by atoms with Gasteiger partial charge in [-0.3, -0.25) is 0 Å². The molecular formula is C13H12F3NO. The van der Waals surface area contributed by atoms with Gasteiger partial charge >= 0.3 is 6.18 Å². The average molecular weight is 255 g/mol. The van der Waals surface area contributed by atoms with Crippen molar-refractivity contribution in [1.82, 2.24) is 0 Å². The maximum absolute atomic E-state index is 12.9. The van der Waals surface area contributed by atoms with Crippen molar-refractivity contribution in [2.75, 3.05) is 0 Å². The van der Waals surface area contributed by atoms with Crippen molar-refractivity contribution in [3.63, 3.8) is 0 Å². The van der Waals surface area contributed by atoms with Gasteiger partial charge in [0, 0.05) is 0 Å². The molecule has 0 amide bonds. The molecule has 1 saturated carbocycles. The first-order chi connectivity index (χ1) is 8.36. The second kappa shape index (κ2) is 4.29. The number of hydrogen-bond acceptors (Lipinski definition) is 2. The normalized spacial score (nSPS) is 17.3. The molecule has 18 heavy (non-hydrogen) atoms. The van der Waals surface area contributed by atoms with Gasteiger partial charge in [0.25, 0.3) is 0 Å². The van der Waals surface area contributed by atoms with Crippen molar-refractivity contribution >= 4 is 0 Å². The minimum Gasteiger partial charge on any atom is -0.388 e. The van der Waals surface area contributed by atoms with Crippen LogP contribution in [0, 0.1) is 24.2 Å². The SMILES string of the molecule is Cc1c(C(O)C2CC2)ccc(C#N)c1C(F)(F)F. The standard InChI is InChI=1S/C13H12F3NO/c1-7-10(12(18)8-2-3-8)5-4-9(6-17)11(7)13(14,15)16/h4-5,8,12,18H,2-3H2,1H3. The minimum absolute atomic E-state index is 0.0408. The van der Waals surface area contributed by atoms with Gasteiger partial charge in [-0.2, -0.15) is 18.4 Å². The first-order valence-electron chi connectivity index (χ1n) is 5.65. The van der Waals surface area contributed by atoms with Crippen LogP contribution in [0.25, 0.3) is 0 Å². The topological polar surface area (TPSA) is 44.0 Å². The summed E-state index contributed by atoms with van der Waals surface area (Å²) in [4.78, 5) is 0. The Morgan fingerprint density at radius 1 is 1.39 bits per heavy atom. The largest absolute Gasteiger partial charge is 0.417 e. The minimum atomic E-state index is -4.57. The molecule has 1 aliphatic carbocycles. The average Bonchev–Trinajstić information content (AvgIpc) is 3.09. The maximum atomic E-state index is 12.9. The molecule has 5 heteroatoms. The molecule has 0 saturated heterocycles. The zero-order valence-electron chi connectivity index (χ0n) is 9.75. The van der Waals surface area contributed by atoms with Crippen LogP contribution in [0.5, 0.6) is 0 Å². The van der Waals surface area contributed by atoms with Crippen molar-refractivity contribution in [2.45, 2.75) is 32.0 Å². The van der Waals surface area contributed by atoms with E-state index in [1.54, 1.807) is 6.07 Å². The molecule has 0 bridgehead atoms. The molecule has 0 spiro atoms. The molecular weight excluding hydrogens is 243 g/mol. The quantitative estimate of drug-likeness (QED) is 0.880. The fourth-order valence-electron chi connectivity index (χ4n) is 2.17. The lowest BCUT2D eigenvalue weighted by Crippen LogP contribution is -2.14. The van der Waals surface area contributed by atoms with E-state index in [0.717, 1.165) is 18.9 Å². The summed E-state index contributed by atoms with van der Waals surface area (Å²) in [6.07, 6.45) is -3.77. The summed E-state index contributed by atoms with van der Waals surface area (Å²) >= 11 is 0. The molecule has 1 aromatic rings. The van der Waals surface area contributed by atoms with E-state index in [0.29, 0.717) is 0 Å². The Hall–Kier alpha value is -1.54. The van der Waals surface area contributed by atoms with Gasteiger partial charge in [0.1, 0.15) is 0 Å². The van der Waals surface area contributed by atoms with Gasteiger partial charge in [0.2, 0.25) is 0 Å². The van der Waals surface area contributed by atoms with Gasteiger partial charge in [-0.15, -0.1) is 0 Å². The summed E-state index contributed by atoms with van der Waals surface area (Å²) in [7, 11) is 0. The van der Waals surface area contributed by atoms with E-state index in [-0.39, 0.29) is 17.0 Å². The smallest absolute Gasteiger partial charge is 0.388 e. The fraction of sp³-hybridized carbons (Fsp3) is 0.462. The van der Waals surface area contributed by atoms with Gasteiger partial charge in [0.15, 0.2) is 0 Å². The van der Waals surface area contributed by atoms with Crippen LogP contribution < -0.4 is 0 Å². The van der Waals surface area contributed by atoms with Crippen LogP contribution in [0.2, 0.25) is 0 Å². The molecule has 0 heterocycles. The molecule has 0 radical (unpaired) electrons. The second-order valence-electron chi connectivity index (χ2n) is 4.59. The summed E-state index contributed by atoms with van der Waals surface area (Å²) in [5.41, 5.74) is -1.08. The van der Waals surface area contributed by atoms with Crippen molar-refractivity contribution in [1.29, 1.82) is 5.26 Å². The van der Waals surface area contributed by atoms with Crippen LogP contribution in [0.4, 0.5) is 13.2 Å². The molecule has 0 aliphatic heterocycles. The highest BCUT2D eigenvalue weighted by molar-refractivity contribution is 5.48. The number of rotatable bonds is 2. The molecule has 2 nitrogen and oxygen atoms in total. The van der Waals surface area contributed by atoms with E-state index in [9.17, 15) is 18.3 Å². The van der Waals surface area contributed by atoms with Crippen LogP contribution in [-0.4, -0.2) is 5.11 Å². The van der Waals surface area contributed by atoms with E-state index in [4.69, 9.17) is 5.26 Å². The lowest BCUT2D eigenvalue weighted by molar-refractivity contribution is -0.138. The zero-order valence-corrected chi connectivity index (χ0v) is 9.75. The Kier molecular flexibility index (Phi) is 3.07. The third-order valence-corrected chi connectivity index (χ3v) is 3.30. The number of benzene rings is 1. The summed E-state index contributed by atoms with van der Waals surface area (Å²) in [5, 5.41) is 18.7. The van der Waals surface area contributed by atoms with Gasteiger partial charge in [-0.05, 0) is 42.9 Å². The van der Waals surface area contributed by atoms with Crippen molar-refractivity contribution in [3.05, 3.63) is 34.4 Å². The van der Waals surface area contributed by atoms with E-state index in [1.807, 2.05) is 0 Å². The monoisotopic (exact) mass is 255 g/mol. The molecule has 1 atom stereocenters. The summed E-state index contributed by atoms with van der Waals surface area (Å²) in [6, 6.07) is 4.11.